The molecule has 294 valence electrons. The first-order valence-corrected chi connectivity index (χ1v) is 18.0. The van der Waals surface area contributed by atoms with Gasteiger partial charge in [-0.3, -0.25) is 33.8 Å². The maximum Gasteiger partial charge on any atom is 0.409 e. The lowest BCUT2D eigenvalue weighted by Crippen LogP contribution is -2.54. The van der Waals surface area contributed by atoms with Gasteiger partial charge in [-0.15, -0.1) is 0 Å². The Labute approximate surface area is 312 Å². The number of hydrogen-bond acceptors (Lipinski definition) is 9. The van der Waals surface area contributed by atoms with E-state index in [2.05, 4.69) is 46.9 Å². The monoisotopic (exact) mass is 742 g/mol. The van der Waals surface area contributed by atoms with Crippen molar-refractivity contribution < 1.29 is 38.3 Å². The highest BCUT2D eigenvalue weighted by Crippen LogP contribution is 2.14. The first-order chi connectivity index (χ1) is 24.9. The summed E-state index contributed by atoms with van der Waals surface area (Å²) in [5.41, 5.74) is 6.30. The minimum absolute atomic E-state index is 0.0207. The van der Waals surface area contributed by atoms with Gasteiger partial charge in [-0.1, -0.05) is 32.4 Å². The van der Waals surface area contributed by atoms with Crippen LogP contribution >= 0.6 is 0 Å². The maximum absolute atomic E-state index is 13.4. The number of nitrogens with one attached hydrogen (secondary N) is 4. The van der Waals surface area contributed by atoms with Crippen molar-refractivity contribution in [1.82, 2.24) is 30.7 Å². The number of benzene rings is 1. The topological polar surface area (TPSA) is 213 Å². The van der Waals surface area contributed by atoms with Crippen LogP contribution in [-0.2, 0) is 35.3 Å². The smallest absolute Gasteiger partial charge is 0.409 e. The van der Waals surface area contributed by atoms with Gasteiger partial charge in [0, 0.05) is 63.0 Å². The standard InChI is InChI=1S/C37H58N8O8/c1-25(2)32(42-29(46)13-9-8-10-21-45-30(47)18-19-31(45)48)34(50)41-28(12-11-20-39-35(38)51)33(49)40-27-16-14-26(15-17-27)24-53-36(52)43(6)22-23-44(7)37(3,4)5/h14-19,25,28,32H,8-13,20-24H2,1-7H3,(H,40,49)(H,41,50)(H,42,46)(H3,38,39,51)/t28-,32-/m0/s1. The zero-order valence-corrected chi connectivity index (χ0v) is 32.2. The summed E-state index contributed by atoms with van der Waals surface area (Å²) in [5.74, 6) is -2.38. The molecule has 0 aliphatic carbocycles. The summed E-state index contributed by atoms with van der Waals surface area (Å²) in [6.07, 6.45) is 4.29. The quantitative estimate of drug-likeness (QED) is 0.0924. The largest absolute Gasteiger partial charge is 0.445 e. The third-order valence-electron chi connectivity index (χ3n) is 8.86. The van der Waals surface area contributed by atoms with Gasteiger partial charge in [0.15, 0.2) is 0 Å². The van der Waals surface area contributed by atoms with Crippen molar-refractivity contribution in [3.05, 3.63) is 42.0 Å². The minimum Gasteiger partial charge on any atom is -0.445 e. The lowest BCUT2D eigenvalue weighted by atomic mass is 10.0. The number of amides is 8. The maximum atomic E-state index is 13.4. The van der Waals surface area contributed by atoms with Crippen molar-refractivity contribution in [2.75, 3.05) is 45.6 Å². The van der Waals surface area contributed by atoms with E-state index in [1.807, 2.05) is 7.05 Å². The molecule has 6 N–H and O–H groups in total. The SMILES string of the molecule is CC(C)[C@H](NC(=O)CCCCCN1C(=O)C=CC1=O)C(=O)N[C@@H](CCCNC(N)=O)C(=O)Nc1ccc(COC(=O)N(C)CCN(C)C(C)(C)C)cc1. The van der Waals surface area contributed by atoms with Crippen LogP contribution in [0.25, 0.3) is 0 Å². The molecule has 8 amide bonds. The Balaban J connectivity index is 1.93. The number of carbonyl (C=O) groups is 7. The third-order valence-corrected chi connectivity index (χ3v) is 8.86. The number of nitrogens with zero attached hydrogens (tertiary/aromatic N) is 3. The highest BCUT2D eigenvalue weighted by atomic mass is 16.6. The highest BCUT2D eigenvalue weighted by molar-refractivity contribution is 6.12. The fraction of sp³-hybridized carbons (Fsp3) is 0.595. The van der Waals surface area contributed by atoms with Gasteiger partial charge in [-0.05, 0) is 77.1 Å². The predicted octanol–water partition coefficient (Wildman–Crippen LogP) is 2.48. The third kappa shape index (κ3) is 16.1. The number of hydrogen-bond donors (Lipinski definition) is 5. The molecule has 53 heavy (non-hydrogen) atoms. The number of urea groups is 1. The second kappa shape index (κ2) is 21.5. The summed E-state index contributed by atoms with van der Waals surface area (Å²) in [5, 5.41) is 10.8. The molecule has 0 radical (unpaired) electrons. The molecular weight excluding hydrogens is 684 g/mol. The summed E-state index contributed by atoms with van der Waals surface area (Å²) in [6.45, 7) is 11.5. The van der Waals surface area contributed by atoms with Crippen LogP contribution in [0.2, 0.25) is 0 Å². The number of unbranched alkanes of at least 4 members (excludes halogenated alkanes) is 2. The lowest BCUT2D eigenvalue weighted by Gasteiger charge is -2.33. The van der Waals surface area contributed by atoms with Gasteiger partial charge < -0.3 is 36.6 Å². The van der Waals surface area contributed by atoms with Gasteiger partial charge >= 0.3 is 12.1 Å². The molecule has 1 aromatic rings. The summed E-state index contributed by atoms with van der Waals surface area (Å²) in [6, 6.07) is 4.11. The van der Waals surface area contributed by atoms with Crippen molar-refractivity contribution in [1.29, 1.82) is 0 Å². The Morgan fingerprint density at radius 1 is 0.868 bits per heavy atom. The number of carbonyl (C=O) groups excluding carboxylic acids is 7. The van der Waals surface area contributed by atoms with Crippen molar-refractivity contribution in [2.45, 2.75) is 97.4 Å². The molecule has 1 aliphatic heterocycles. The van der Waals surface area contributed by atoms with Gasteiger partial charge in [-0.2, -0.15) is 0 Å². The van der Waals surface area contributed by atoms with E-state index in [4.69, 9.17) is 10.5 Å². The molecule has 2 rings (SSSR count). The Morgan fingerprint density at radius 2 is 1.51 bits per heavy atom. The number of likely N-dealkylation sites (N-methyl/N-ethyl adjacent to an activating group) is 2. The molecule has 1 aliphatic rings. The molecule has 2 atom stereocenters. The fourth-order valence-electron chi connectivity index (χ4n) is 5.11. The number of rotatable bonds is 21. The first-order valence-electron chi connectivity index (χ1n) is 18.0. The molecular formula is C37H58N8O8. The Kier molecular flexibility index (Phi) is 17.9. The lowest BCUT2D eigenvalue weighted by molar-refractivity contribution is -0.137. The summed E-state index contributed by atoms with van der Waals surface area (Å²) in [7, 11) is 3.68. The molecule has 16 heteroatoms. The number of ether oxygens (including phenoxy) is 1. The van der Waals surface area contributed by atoms with Gasteiger partial charge in [0.1, 0.15) is 18.7 Å². The van der Waals surface area contributed by atoms with Crippen LogP contribution < -0.4 is 27.0 Å². The Morgan fingerprint density at radius 3 is 2.09 bits per heavy atom. The molecule has 0 spiro atoms. The molecule has 1 aromatic carbocycles. The molecule has 0 aromatic heterocycles. The number of primary amides is 1. The predicted molar refractivity (Wildman–Crippen MR) is 200 cm³/mol. The summed E-state index contributed by atoms with van der Waals surface area (Å²) < 4.78 is 5.45. The molecule has 16 nitrogen and oxygen atoms in total. The molecule has 0 saturated heterocycles. The Bertz CT molecular complexity index is 1440. The van der Waals surface area contributed by atoms with Crippen molar-refractivity contribution in [3.8, 4) is 0 Å². The molecule has 0 bridgehead atoms. The zero-order valence-electron chi connectivity index (χ0n) is 32.2. The second-order valence-electron chi connectivity index (χ2n) is 14.5. The normalized spacial score (nSPS) is 13.9. The second-order valence-corrected chi connectivity index (χ2v) is 14.5. The first kappa shape index (κ1) is 44.2. The van der Waals surface area contributed by atoms with Gasteiger partial charge in [0.05, 0.1) is 0 Å². The van der Waals surface area contributed by atoms with Crippen molar-refractivity contribution in [3.63, 3.8) is 0 Å². The van der Waals surface area contributed by atoms with E-state index in [1.54, 1.807) is 45.2 Å². The van der Waals surface area contributed by atoms with Crippen molar-refractivity contribution in [2.24, 2.45) is 11.7 Å². The zero-order chi connectivity index (χ0) is 39.7. The van der Waals surface area contributed by atoms with Crippen LogP contribution in [0.1, 0.15) is 78.7 Å². The van der Waals surface area contributed by atoms with Crippen LogP contribution in [0.15, 0.2) is 36.4 Å². The molecule has 0 unspecified atom stereocenters. The average Bonchev–Trinajstić information content (AvgIpc) is 3.41. The van der Waals surface area contributed by atoms with E-state index < -0.39 is 36.0 Å². The van der Waals surface area contributed by atoms with Crippen LogP contribution in [-0.4, -0.2) is 114 Å². The van der Waals surface area contributed by atoms with Crippen LogP contribution in [0.4, 0.5) is 15.3 Å². The van der Waals surface area contributed by atoms with Crippen LogP contribution in [0.5, 0.6) is 0 Å². The van der Waals surface area contributed by atoms with E-state index in [1.165, 1.54) is 17.1 Å². The van der Waals surface area contributed by atoms with E-state index in [9.17, 15) is 33.6 Å². The van der Waals surface area contributed by atoms with E-state index in [0.717, 1.165) is 4.90 Å². The van der Waals surface area contributed by atoms with Gasteiger partial charge in [0.25, 0.3) is 11.8 Å². The number of anilines is 1. The van der Waals surface area contributed by atoms with Crippen LogP contribution in [0, 0.1) is 5.92 Å². The van der Waals surface area contributed by atoms with Gasteiger partial charge in [0.2, 0.25) is 17.7 Å². The number of nitrogens with two attached hydrogens (primary N) is 1. The van der Waals surface area contributed by atoms with E-state index in [-0.39, 0.29) is 61.7 Å². The van der Waals surface area contributed by atoms with E-state index in [0.29, 0.717) is 50.0 Å². The summed E-state index contributed by atoms with van der Waals surface area (Å²) >= 11 is 0. The molecule has 0 saturated carbocycles. The summed E-state index contributed by atoms with van der Waals surface area (Å²) in [4.78, 5) is 91.5. The minimum atomic E-state index is -1.01. The van der Waals surface area contributed by atoms with E-state index >= 15 is 0 Å². The van der Waals surface area contributed by atoms with Crippen molar-refractivity contribution >= 4 is 47.3 Å². The number of imide groups is 1. The van der Waals surface area contributed by atoms with Gasteiger partial charge in [-0.25, -0.2) is 9.59 Å². The Hall–Kier alpha value is -4.99. The van der Waals surface area contributed by atoms with Crippen LogP contribution in [0.3, 0.4) is 0 Å². The highest BCUT2D eigenvalue weighted by Gasteiger charge is 2.29. The molecule has 0 fully saturated rings. The fourth-order valence-corrected chi connectivity index (χ4v) is 5.11. The average molecular weight is 743 g/mol. The molecule has 1 heterocycles.